The van der Waals surface area contributed by atoms with E-state index in [-0.39, 0.29) is 22.2 Å². The molecule has 0 fully saturated rings. The standard InChI is InChI=1S/C23H21ClN2O5S/c1-2-31-23(28)17-12-14-18(15-13-17)25-22(27)16-26(21-11-7-6-10-20(21)24)32(29,30)19-8-4-3-5-9-19/h3-15H,2,16H2,1H3,(H,25,27). The van der Waals surface area contributed by atoms with Crippen LogP contribution in [0.5, 0.6) is 0 Å². The first-order valence-corrected chi connectivity index (χ1v) is 11.5. The van der Waals surface area contributed by atoms with Crippen LogP contribution in [0.25, 0.3) is 0 Å². The number of nitrogens with zero attached hydrogens (tertiary/aromatic N) is 1. The second-order valence-corrected chi connectivity index (χ2v) is 8.89. The van der Waals surface area contributed by atoms with Crippen LogP contribution < -0.4 is 9.62 Å². The smallest absolute Gasteiger partial charge is 0.338 e. The molecule has 0 spiro atoms. The summed E-state index contributed by atoms with van der Waals surface area (Å²) in [5.41, 5.74) is 0.930. The summed E-state index contributed by atoms with van der Waals surface area (Å²) in [6.45, 7) is 1.46. The molecule has 0 saturated heterocycles. The van der Waals surface area contributed by atoms with Crippen LogP contribution in [0.1, 0.15) is 17.3 Å². The molecule has 0 radical (unpaired) electrons. The number of esters is 1. The minimum atomic E-state index is -4.06. The molecule has 1 N–H and O–H groups in total. The number of hydrogen-bond acceptors (Lipinski definition) is 5. The zero-order valence-electron chi connectivity index (χ0n) is 17.2. The van der Waals surface area contributed by atoms with Gasteiger partial charge in [-0.3, -0.25) is 9.10 Å². The lowest BCUT2D eigenvalue weighted by Gasteiger charge is -2.25. The average molecular weight is 473 g/mol. The number of rotatable bonds is 8. The molecule has 0 aliphatic carbocycles. The number of nitrogens with one attached hydrogen (secondary N) is 1. The average Bonchev–Trinajstić information content (AvgIpc) is 2.79. The maximum absolute atomic E-state index is 13.3. The van der Waals surface area contributed by atoms with E-state index in [1.807, 2.05) is 0 Å². The van der Waals surface area contributed by atoms with Crippen molar-refractivity contribution in [2.75, 3.05) is 22.8 Å². The van der Waals surface area contributed by atoms with Crippen LogP contribution >= 0.6 is 11.6 Å². The summed E-state index contributed by atoms with van der Waals surface area (Å²) in [4.78, 5) is 24.6. The van der Waals surface area contributed by atoms with E-state index >= 15 is 0 Å². The number of carbonyl (C=O) groups is 2. The molecule has 7 nitrogen and oxygen atoms in total. The molecule has 0 aliphatic heterocycles. The van der Waals surface area contributed by atoms with Gasteiger partial charge in [0.05, 0.1) is 27.8 Å². The minimum absolute atomic E-state index is 0.0338. The quantitative estimate of drug-likeness (QED) is 0.492. The van der Waals surface area contributed by atoms with Gasteiger partial charge in [0.2, 0.25) is 5.91 Å². The number of hydrogen-bond donors (Lipinski definition) is 1. The van der Waals surface area contributed by atoms with E-state index in [0.717, 1.165) is 4.31 Å². The van der Waals surface area contributed by atoms with Crippen LogP contribution in [0.3, 0.4) is 0 Å². The highest BCUT2D eigenvalue weighted by atomic mass is 35.5. The second kappa shape index (κ2) is 10.3. The number of para-hydroxylation sites is 1. The topological polar surface area (TPSA) is 92.8 Å². The lowest BCUT2D eigenvalue weighted by molar-refractivity contribution is -0.114. The molecule has 3 aromatic carbocycles. The van der Waals surface area contributed by atoms with Crippen molar-refractivity contribution in [3.8, 4) is 0 Å². The molecular formula is C23H21ClN2O5S. The van der Waals surface area contributed by atoms with Crippen molar-refractivity contribution in [3.05, 3.63) is 89.4 Å². The fraction of sp³-hybridized carbons (Fsp3) is 0.130. The van der Waals surface area contributed by atoms with E-state index in [1.165, 1.54) is 42.5 Å². The van der Waals surface area contributed by atoms with Gasteiger partial charge in [-0.1, -0.05) is 41.9 Å². The Labute approximate surface area is 191 Å². The second-order valence-electron chi connectivity index (χ2n) is 6.62. The molecule has 166 valence electrons. The molecule has 0 unspecified atom stereocenters. The van der Waals surface area contributed by atoms with Gasteiger partial charge < -0.3 is 10.1 Å². The van der Waals surface area contributed by atoms with Crippen molar-refractivity contribution in [3.63, 3.8) is 0 Å². The van der Waals surface area contributed by atoms with Gasteiger partial charge in [-0.25, -0.2) is 13.2 Å². The van der Waals surface area contributed by atoms with Crippen LogP contribution in [-0.4, -0.2) is 33.4 Å². The molecule has 32 heavy (non-hydrogen) atoms. The molecule has 0 aliphatic rings. The minimum Gasteiger partial charge on any atom is -0.462 e. The zero-order valence-corrected chi connectivity index (χ0v) is 18.8. The van der Waals surface area contributed by atoms with Crippen LogP contribution in [0.4, 0.5) is 11.4 Å². The molecular weight excluding hydrogens is 452 g/mol. The first kappa shape index (κ1) is 23.3. The zero-order chi connectivity index (χ0) is 23.1. The third-order valence-corrected chi connectivity index (χ3v) is 6.51. The molecule has 0 heterocycles. The van der Waals surface area contributed by atoms with Crippen molar-refractivity contribution >= 4 is 44.9 Å². The Balaban J connectivity index is 1.85. The Morgan fingerprint density at radius 2 is 1.56 bits per heavy atom. The molecule has 0 saturated carbocycles. The van der Waals surface area contributed by atoms with Crippen molar-refractivity contribution in [1.29, 1.82) is 0 Å². The van der Waals surface area contributed by atoms with Gasteiger partial charge in [-0.2, -0.15) is 0 Å². The summed E-state index contributed by atoms with van der Waals surface area (Å²) in [6.07, 6.45) is 0. The van der Waals surface area contributed by atoms with Crippen LogP contribution in [-0.2, 0) is 19.6 Å². The predicted molar refractivity (Wildman–Crippen MR) is 123 cm³/mol. The monoisotopic (exact) mass is 472 g/mol. The Morgan fingerprint density at radius 3 is 2.19 bits per heavy atom. The Hall–Kier alpha value is -3.36. The number of sulfonamides is 1. The molecule has 9 heteroatoms. The van der Waals surface area contributed by atoms with Crippen LogP contribution in [0, 0.1) is 0 Å². The maximum atomic E-state index is 13.3. The van der Waals surface area contributed by atoms with Crippen molar-refractivity contribution in [2.45, 2.75) is 11.8 Å². The number of benzene rings is 3. The van der Waals surface area contributed by atoms with E-state index in [4.69, 9.17) is 16.3 Å². The Morgan fingerprint density at radius 1 is 0.938 bits per heavy atom. The van der Waals surface area contributed by atoms with Crippen LogP contribution in [0.15, 0.2) is 83.8 Å². The fourth-order valence-corrected chi connectivity index (χ4v) is 4.66. The van der Waals surface area contributed by atoms with Gasteiger partial charge in [0.15, 0.2) is 0 Å². The first-order chi connectivity index (χ1) is 15.3. The molecule has 1 amide bonds. The fourth-order valence-electron chi connectivity index (χ4n) is 2.91. The lowest BCUT2D eigenvalue weighted by atomic mass is 10.2. The van der Waals surface area contributed by atoms with Gasteiger partial charge in [0, 0.05) is 5.69 Å². The normalized spacial score (nSPS) is 10.9. The summed E-state index contributed by atoms with van der Waals surface area (Å²) in [5.74, 6) is -1.04. The van der Waals surface area contributed by atoms with E-state index in [1.54, 1.807) is 43.3 Å². The van der Waals surface area contributed by atoms with Gasteiger partial charge in [0.25, 0.3) is 10.0 Å². The predicted octanol–water partition coefficient (Wildman–Crippen LogP) is 4.35. The maximum Gasteiger partial charge on any atom is 0.338 e. The van der Waals surface area contributed by atoms with Crippen molar-refractivity contribution < 1.29 is 22.7 Å². The molecule has 0 bridgehead atoms. The van der Waals surface area contributed by atoms with Gasteiger partial charge in [-0.15, -0.1) is 0 Å². The van der Waals surface area contributed by atoms with E-state index in [9.17, 15) is 18.0 Å². The lowest BCUT2D eigenvalue weighted by Crippen LogP contribution is -2.38. The number of carbonyl (C=O) groups excluding carboxylic acids is 2. The molecule has 0 aromatic heterocycles. The number of anilines is 2. The Bertz CT molecular complexity index is 1200. The molecule has 3 aromatic rings. The third kappa shape index (κ3) is 5.46. The van der Waals surface area contributed by atoms with E-state index < -0.39 is 28.4 Å². The number of halogens is 1. The highest BCUT2D eigenvalue weighted by Gasteiger charge is 2.28. The van der Waals surface area contributed by atoms with Crippen LogP contribution in [0.2, 0.25) is 5.02 Å². The molecule has 0 atom stereocenters. The first-order valence-electron chi connectivity index (χ1n) is 9.72. The van der Waals surface area contributed by atoms with Crippen molar-refractivity contribution in [2.24, 2.45) is 0 Å². The van der Waals surface area contributed by atoms with Gasteiger partial charge in [-0.05, 0) is 55.5 Å². The molecule has 3 rings (SSSR count). The summed E-state index contributed by atoms with van der Waals surface area (Å²) < 4.78 is 32.5. The number of ether oxygens (including phenoxy) is 1. The number of amides is 1. The summed E-state index contributed by atoms with van der Waals surface area (Å²) in [5, 5.41) is 2.84. The summed E-state index contributed by atoms with van der Waals surface area (Å²) in [7, 11) is -4.06. The third-order valence-electron chi connectivity index (χ3n) is 4.42. The SMILES string of the molecule is CCOC(=O)c1ccc(NC(=O)CN(c2ccccc2Cl)S(=O)(=O)c2ccccc2)cc1. The van der Waals surface area contributed by atoms with Gasteiger partial charge >= 0.3 is 5.97 Å². The Kier molecular flexibility index (Phi) is 7.50. The highest BCUT2D eigenvalue weighted by molar-refractivity contribution is 7.92. The van der Waals surface area contributed by atoms with E-state index in [0.29, 0.717) is 11.3 Å². The van der Waals surface area contributed by atoms with Gasteiger partial charge in [0.1, 0.15) is 6.54 Å². The summed E-state index contributed by atoms with van der Waals surface area (Å²) >= 11 is 6.25. The largest absolute Gasteiger partial charge is 0.462 e. The summed E-state index contributed by atoms with van der Waals surface area (Å²) in [6, 6.07) is 20.3. The van der Waals surface area contributed by atoms with Crippen molar-refractivity contribution in [1.82, 2.24) is 0 Å². The highest BCUT2D eigenvalue weighted by Crippen LogP contribution is 2.30. The van der Waals surface area contributed by atoms with E-state index in [2.05, 4.69) is 5.32 Å².